The molecule has 2 aromatic rings. The van der Waals surface area contributed by atoms with Gasteiger partial charge in [0.15, 0.2) is 5.78 Å². The zero-order chi connectivity index (χ0) is 17.1. The van der Waals surface area contributed by atoms with Crippen molar-refractivity contribution >= 4 is 17.9 Å². The molecule has 0 aliphatic carbocycles. The molecule has 5 heteroatoms. The SMILES string of the molecule is CN1CC(=Cc2cccnc2)C(=O)/C(=C/c2cc(F)ccc2F)C1. The number of carbonyl (C=O) groups excluding carboxylic acids is 1. The van der Waals surface area contributed by atoms with E-state index in [1.54, 1.807) is 24.5 Å². The molecule has 1 aliphatic rings. The van der Waals surface area contributed by atoms with E-state index < -0.39 is 11.6 Å². The summed E-state index contributed by atoms with van der Waals surface area (Å²) < 4.78 is 27.2. The van der Waals surface area contributed by atoms with Crippen molar-refractivity contribution in [1.29, 1.82) is 0 Å². The molecule has 1 aliphatic heterocycles. The number of halogens is 2. The summed E-state index contributed by atoms with van der Waals surface area (Å²) in [5, 5.41) is 0. The first-order valence-electron chi connectivity index (χ1n) is 7.52. The lowest BCUT2D eigenvalue weighted by molar-refractivity contribution is -0.113. The first-order valence-corrected chi connectivity index (χ1v) is 7.52. The van der Waals surface area contributed by atoms with Gasteiger partial charge in [-0.15, -0.1) is 0 Å². The van der Waals surface area contributed by atoms with Gasteiger partial charge in [0.1, 0.15) is 11.6 Å². The number of hydrogen-bond donors (Lipinski definition) is 0. The van der Waals surface area contributed by atoms with E-state index in [2.05, 4.69) is 4.98 Å². The van der Waals surface area contributed by atoms with Crippen molar-refractivity contribution in [1.82, 2.24) is 9.88 Å². The van der Waals surface area contributed by atoms with Crippen LogP contribution in [0.25, 0.3) is 12.2 Å². The van der Waals surface area contributed by atoms with E-state index in [1.807, 2.05) is 18.0 Å². The van der Waals surface area contributed by atoms with Crippen LogP contribution in [0.5, 0.6) is 0 Å². The molecule has 1 saturated heterocycles. The van der Waals surface area contributed by atoms with Gasteiger partial charge in [-0.05, 0) is 49.0 Å². The van der Waals surface area contributed by atoms with Crippen molar-refractivity contribution in [2.24, 2.45) is 0 Å². The summed E-state index contributed by atoms with van der Waals surface area (Å²) in [6, 6.07) is 6.86. The zero-order valence-corrected chi connectivity index (χ0v) is 13.2. The number of aromatic nitrogens is 1. The molecular formula is C19H16F2N2O. The highest BCUT2D eigenvalue weighted by atomic mass is 19.1. The van der Waals surface area contributed by atoms with Gasteiger partial charge >= 0.3 is 0 Å². The summed E-state index contributed by atoms with van der Waals surface area (Å²) >= 11 is 0. The predicted molar refractivity (Wildman–Crippen MR) is 89.1 cm³/mol. The van der Waals surface area contributed by atoms with E-state index >= 15 is 0 Å². The highest BCUT2D eigenvalue weighted by Gasteiger charge is 2.24. The van der Waals surface area contributed by atoms with Gasteiger partial charge in [-0.3, -0.25) is 14.7 Å². The maximum atomic E-state index is 13.8. The van der Waals surface area contributed by atoms with Gasteiger partial charge in [0.25, 0.3) is 0 Å². The minimum Gasteiger partial charge on any atom is -0.298 e. The van der Waals surface area contributed by atoms with Crippen molar-refractivity contribution in [3.63, 3.8) is 0 Å². The van der Waals surface area contributed by atoms with Crippen molar-refractivity contribution in [2.45, 2.75) is 0 Å². The molecule has 0 saturated carbocycles. The molecule has 24 heavy (non-hydrogen) atoms. The fourth-order valence-electron chi connectivity index (χ4n) is 2.69. The second kappa shape index (κ2) is 6.84. The number of nitrogens with zero attached hydrogens (tertiary/aromatic N) is 2. The van der Waals surface area contributed by atoms with Crippen molar-refractivity contribution in [3.05, 3.63) is 76.6 Å². The second-order valence-electron chi connectivity index (χ2n) is 5.79. The number of carbonyl (C=O) groups is 1. The molecule has 3 rings (SSSR count). The summed E-state index contributed by atoms with van der Waals surface area (Å²) in [4.78, 5) is 18.7. The number of hydrogen-bond acceptors (Lipinski definition) is 3. The Bertz CT molecular complexity index is 829. The molecule has 1 aromatic heterocycles. The van der Waals surface area contributed by atoms with Crippen LogP contribution in [0, 0.1) is 11.6 Å². The third-order valence-electron chi connectivity index (χ3n) is 3.78. The fourth-order valence-corrected chi connectivity index (χ4v) is 2.69. The van der Waals surface area contributed by atoms with E-state index in [4.69, 9.17) is 0 Å². The largest absolute Gasteiger partial charge is 0.298 e. The number of likely N-dealkylation sites (N-methyl/N-ethyl adjacent to an activating group) is 1. The molecule has 0 radical (unpaired) electrons. The van der Waals surface area contributed by atoms with E-state index in [9.17, 15) is 13.6 Å². The molecule has 0 unspecified atom stereocenters. The van der Waals surface area contributed by atoms with Gasteiger partial charge in [0.05, 0.1) is 0 Å². The Morgan fingerprint density at radius 3 is 2.58 bits per heavy atom. The number of pyridine rings is 1. The first kappa shape index (κ1) is 16.2. The lowest BCUT2D eigenvalue weighted by atomic mass is 9.95. The molecular weight excluding hydrogens is 310 g/mol. The van der Waals surface area contributed by atoms with E-state index in [0.717, 1.165) is 23.8 Å². The average molecular weight is 326 g/mol. The maximum Gasteiger partial charge on any atom is 0.187 e. The summed E-state index contributed by atoms with van der Waals surface area (Å²) in [7, 11) is 1.87. The monoisotopic (exact) mass is 326 g/mol. The normalized spacial score (nSPS) is 19.2. The van der Waals surface area contributed by atoms with Gasteiger partial charge < -0.3 is 0 Å². The summed E-state index contributed by atoms with van der Waals surface area (Å²) in [6.45, 7) is 0.885. The van der Waals surface area contributed by atoms with Crippen LogP contribution < -0.4 is 0 Å². The highest BCUT2D eigenvalue weighted by molar-refractivity contribution is 6.14. The Balaban J connectivity index is 1.97. The standard InChI is InChI=1S/C19H16F2N2O/c1-23-11-15(7-13-3-2-6-22-10-13)19(24)16(12-23)8-14-9-17(20)4-5-18(14)21/h2-10H,11-12H2,1H3/b15-7?,16-8+. The Labute approximate surface area is 138 Å². The third-order valence-corrected chi connectivity index (χ3v) is 3.78. The summed E-state index contributed by atoms with van der Waals surface area (Å²) in [5.41, 5.74) is 1.94. The van der Waals surface area contributed by atoms with Crippen LogP contribution in [0.4, 0.5) is 8.78 Å². The van der Waals surface area contributed by atoms with Gasteiger partial charge in [0, 0.05) is 42.2 Å². The Morgan fingerprint density at radius 1 is 1.12 bits per heavy atom. The number of ketones is 1. The molecule has 0 spiro atoms. The van der Waals surface area contributed by atoms with Crippen LogP contribution >= 0.6 is 0 Å². The van der Waals surface area contributed by atoms with Gasteiger partial charge in [0.2, 0.25) is 0 Å². The topological polar surface area (TPSA) is 33.2 Å². The van der Waals surface area contributed by atoms with Crippen molar-refractivity contribution in [2.75, 3.05) is 20.1 Å². The average Bonchev–Trinajstić information content (AvgIpc) is 2.56. The second-order valence-corrected chi connectivity index (χ2v) is 5.79. The maximum absolute atomic E-state index is 13.8. The van der Waals surface area contributed by atoms with Crippen LogP contribution in [0.2, 0.25) is 0 Å². The molecule has 1 fully saturated rings. The smallest absolute Gasteiger partial charge is 0.187 e. The fraction of sp³-hybridized carbons (Fsp3) is 0.158. The van der Waals surface area contributed by atoms with Crippen LogP contribution in [0.3, 0.4) is 0 Å². The minimum absolute atomic E-state index is 0.0781. The Kier molecular flexibility index (Phi) is 4.62. The highest BCUT2D eigenvalue weighted by Crippen LogP contribution is 2.22. The van der Waals surface area contributed by atoms with Crippen molar-refractivity contribution in [3.8, 4) is 0 Å². The Morgan fingerprint density at radius 2 is 1.88 bits per heavy atom. The van der Waals surface area contributed by atoms with Gasteiger partial charge in [-0.25, -0.2) is 8.78 Å². The lowest BCUT2D eigenvalue weighted by Gasteiger charge is -2.26. The quantitative estimate of drug-likeness (QED) is 0.794. The number of rotatable bonds is 2. The molecule has 1 aromatic carbocycles. The lowest BCUT2D eigenvalue weighted by Crippen LogP contribution is -2.34. The number of benzene rings is 1. The molecule has 0 N–H and O–H groups in total. The molecule has 2 heterocycles. The molecule has 0 amide bonds. The van der Waals surface area contributed by atoms with Gasteiger partial charge in [-0.2, -0.15) is 0 Å². The first-order chi connectivity index (χ1) is 11.5. The number of piperidine rings is 1. The predicted octanol–water partition coefficient (Wildman–Crippen LogP) is 3.34. The summed E-state index contributed by atoms with van der Waals surface area (Å²) in [6.07, 6.45) is 6.54. The Hall–Kier alpha value is -2.66. The molecule has 0 bridgehead atoms. The molecule has 122 valence electrons. The van der Waals surface area contributed by atoms with Gasteiger partial charge in [-0.1, -0.05) is 6.07 Å². The van der Waals surface area contributed by atoms with Crippen LogP contribution in [0.1, 0.15) is 11.1 Å². The molecule has 0 atom stereocenters. The summed E-state index contributed by atoms with van der Waals surface area (Å²) in [5.74, 6) is -1.24. The third kappa shape index (κ3) is 3.63. The number of Topliss-reactive ketones (excluding diaryl/α,β-unsaturated/α-hetero) is 1. The number of likely N-dealkylation sites (tertiary alicyclic amines) is 1. The van der Waals surface area contributed by atoms with Crippen LogP contribution in [-0.4, -0.2) is 35.8 Å². The molecule has 3 nitrogen and oxygen atoms in total. The van der Waals surface area contributed by atoms with Crippen LogP contribution in [-0.2, 0) is 4.79 Å². The van der Waals surface area contributed by atoms with Crippen molar-refractivity contribution < 1.29 is 13.6 Å². The van der Waals surface area contributed by atoms with E-state index in [0.29, 0.717) is 24.2 Å². The zero-order valence-electron chi connectivity index (χ0n) is 13.2. The van der Waals surface area contributed by atoms with E-state index in [1.165, 1.54) is 6.08 Å². The van der Waals surface area contributed by atoms with Crippen LogP contribution in [0.15, 0.2) is 53.9 Å². The van der Waals surface area contributed by atoms with E-state index in [-0.39, 0.29) is 11.3 Å². The minimum atomic E-state index is -0.553.